The SMILES string of the molecule is O=C(Cl)c1cc(C(F)(F)F)c(F)cc1F. The molecule has 1 rings (SSSR count). The third-order valence-corrected chi connectivity index (χ3v) is 1.78. The molecule has 1 nitrogen and oxygen atoms in total. The molecule has 0 radical (unpaired) electrons. The van der Waals surface area contributed by atoms with E-state index in [0.29, 0.717) is 0 Å². The van der Waals surface area contributed by atoms with Crippen molar-refractivity contribution in [2.75, 3.05) is 0 Å². The molecular weight excluding hydrogens is 243 g/mol. The largest absolute Gasteiger partial charge is 0.419 e. The Morgan fingerprint density at radius 2 is 1.67 bits per heavy atom. The van der Waals surface area contributed by atoms with E-state index < -0.39 is 34.2 Å². The van der Waals surface area contributed by atoms with Gasteiger partial charge in [-0.2, -0.15) is 13.2 Å². The van der Waals surface area contributed by atoms with Crippen LogP contribution < -0.4 is 0 Å². The van der Waals surface area contributed by atoms with Crippen LogP contribution in [0.5, 0.6) is 0 Å². The number of hydrogen-bond donors (Lipinski definition) is 0. The van der Waals surface area contributed by atoms with Crippen molar-refractivity contribution in [2.45, 2.75) is 6.18 Å². The summed E-state index contributed by atoms with van der Waals surface area (Å²) < 4.78 is 61.8. The van der Waals surface area contributed by atoms with Crippen molar-refractivity contribution in [3.63, 3.8) is 0 Å². The Morgan fingerprint density at radius 1 is 1.13 bits per heavy atom. The quantitative estimate of drug-likeness (QED) is 0.547. The van der Waals surface area contributed by atoms with Gasteiger partial charge >= 0.3 is 6.18 Å². The first kappa shape index (κ1) is 11.9. The first-order valence-electron chi connectivity index (χ1n) is 3.49. The zero-order valence-corrected chi connectivity index (χ0v) is 7.59. The summed E-state index contributed by atoms with van der Waals surface area (Å²) in [6.07, 6.45) is -5.00. The van der Waals surface area contributed by atoms with E-state index in [0.717, 1.165) is 0 Å². The normalized spacial score (nSPS) is 11.6. The topological polar surface area (TPSA) is 17.1 Å². The van der Waals surface area contributed by atoms with Gasteiger partial charge in [-0.15, -0.1) is 0 Å². The molecule has 82 valence electrons. The van der Waals surface area contributed by atoms with Crippen LogP contribution in [0.15, 0.2) is 12.1 Å². The lowest BCUT2D eigenvalue weighted by molar-refractivity contribution is -0.140. The van der Waals surface area contributed by atoms with E-state index in [1.54, 1.807) is 0 Å². The molecule has 0 aromatic heterocycles. The smallest absolute Gasteiger partial charge is 0.275 e. The Kier molecular flexibility index (Phi) is 2.99. The van der Waals surface area contributed by atoms with Crippen LogP contribution >= 0.6 is 11.6 Å². The second-order valence-corrected chi connectivity index (χ2v) is 2.93. The number of alkyl halides is 3. The molecular formula is C8H2ClF5O. The van der Waals surface area contributed by atoms with Crippen molar-refractivity contribution in [2.24, 2.45) is 0 Å². The fourth-order valence-electron chi connectivity index (χ4n) is 0.917. The highest BCUT2D eigenvalue weighted by Gasteiger charge is 2.35. The molecule has 0 amide bonds. The van der Waals surface area contributed by atoms with Crippen LogP contribution in [0.25, 0.3) is 0 Å². The van der Waals surface area contributed by atoms with E-state index in [1.807, 2.05) is 0 Å². The minimum atomic E-state index is -5.00. The number of carbonyl (C=O) groups is 1. The van der Waals surface area contributed by atoms with Gasteiger partial charge in [0.2, 0.25) is 0 Å². The monoisotopic (exact) mass is 244 g/mol. The fraction of sp³-hybridized carbons (Fsp3) is 0.125. The summed E-state index contributed by atoms with van der Waals surface area (Å²) >= 11 is 4.81. The molecule has 0 saturated carbocycles. The molecule has 0 atom stereocenters. The molecule has 1 aromatic carbocycles. The zero-order chi connectivity index (χ0) is 11.8. The summed E-state index contributed by atoms with van der Waals surface area (Å²) in [7, 11) is 0. The maximum atomic E-state index is 12.8. The van der Waals surface area contributed by atoms with Gasteiger partial charge in [0.15, 0.2) is 0 Å². The van der Waals surface area contributed by atoms with Gasteiger partial charge in [-0.25, -0.2) is 8.78 Å². The zero-order valence-electron chi connectivity index (χ0n) is 6.83. The van der Waals surface area contributed by atoms with Gasteiger partial charge in [0, 0.05) is 6.07 Å². The number of halogens is 6. The van der Waals surface area contributed by atoms with Crippen molar-refractivity contribution < 1.29 is 26.7 Å². The Labute approximate surface area is 85.5 Å². The van der Waals surface area contributed by atoms with Gasteiger partial charge in [-0.3, -0.25) is 4.79 Å². The average Bonchev–Trinajstić information content (AvgIpc) is 2.00. The van der Waals surface area contributed by atoms with Crippen molar-refractivity contribution in [3.05, 3.63) is 34.9 Å². The molecule has 0 N–H and O–H groups in total. The van der Waals surface area contributed by atoms with Gasteiger partial charge in [0.25, 0.3) is 5.24 Å². The van der Waals surface area contributed by atoms with Crippen LogP contribution in [0.1, 0.15) is 15.9 Å². The van der Waals surface area contributed by atoms with E-state index in [1.165, 1.54) is 0 Å². The Bertz CT molecular complexity index is 412. The summed E-state index contributed by atoms with van der Waals surface area (Å²) in [5.74, 6) is -3.22. The highest BCUT2D eigenvalue weighted by molar-refractivity contribution is 6.67. The summed E-state index contributed by atoms with van der Waals surface area (Å²) in [4.78, 5) is 10.5. The van der Waals surface area contributed by atoms with Gasteiger partial charge in [0.1, 0.15) is 11.6 Å². The lowest BCUT2D eigenvalue weighted by Gasteiger charge is -2.09. The van der Waals surface area contributed by atoms with Crippen LogP contribution in [0.3, 0.4) is 0 Å². The molecule has 0 saturated heterocycles. The summed E-state index contributed by atoms with van der Waals surface area (Å²) in [6, 6.07) is 0.0123. The van der Waals surface area contributed by atoms with Crippen LogP contribution in [-0.2, 0) is 6.18 Å². The summed E-state index contributed by atoms with van der Waals surface area (Å²) in [5, 5.41) is -1.42. The molecule has 0 bridgehead atoms. The van der Waals surface area contributed by atoms with Crippen molar-refractivity contribution >= 4 is 16.8 Å². The number of hydrogen-bond acceptors (Lipinski definition) is 1. The van der Waals surface area contributed by atoms with E-state index in [2.05, 4.69) is 0 Å². The summed E-state index contributed by atoms with van der Waals surface area (Å²) in [6.45, 7) is 0. The second kappa shape index (κ2) is 3.77. The minimum absolute atomic E-state index is 0.0293. The Balaban J connectivity index is 3.43. The number of carbonyl (C=O) groups excluding carboxylic acids is 1. The van der Waals surface area contributed by atoms with Gasteiger partial charge in [0.05, 0.1) is 11.1 Å². The van der Waals surface area contributed by atoms with Gasteiger partial charge in [-0.1, -0.05) is 0 Å². The third kappa shape index (κ3) is 2.44. The molecule has 0 spiro atoms. The molecule has 0 heterocycles. The first-order chi connectivity index (χ1) is 6.73. The van der Waals surface area contributed by atoms with Gasteiger partial charge < -0.3 is 0 Å². The molecule has 0 aliphatic carbocycles. The Morgan fingerprint density at radius 3 is 2.07 bits per heavy atom. The molecule has 0 fully saturated rings. The van der Waals surface area contributed by atoms with Crippen LogP contribution in [0, 0.1) is 11.6 Å². The predicted octanol–water partition coefficient (Wildman–Crippen LogP) is 3.36. The lowest BCUT2D eigenvalue weighted by Crippen LogP contribution is -2.11. The predicted molar refractivity (Wildman–Crippen MR) is 41.5 cm³/mol. The highest BCUT2D eigenvalue weighted by atomic mass is 35.5. The van der Waals surface area contributed by atoms with E-state index in [-0.39, 0.29) is 12.1 Å². The maximum absolute atomic E-state index is 12.8. The fourth-order valence-corrected chi connectivity index (χ4v) is 1.06. The molecule has 0 aliphatic rings. The van der Waals surface area contributed by atoms with Crippen LogP contribution in [0.2, 0.25) is 0 Å². The molecule has 15 heavy (non-hydrogen) atoms. The number of rotatable bonds is 1. The first-order valence-corrected chi connectivity index (χ1v) is 3.87. The van der Waals surface area contributed by atoms with Crippen molar-refractivity contribution in [1.29, 1.82) is 0 Å². The lowest BCUT2D eigenvalue weighted by atomic mass is 10.1. The van der Waals surface area contributed by atoms with E-state index in [9.17, 15) is 26.7 Å². The second-order valence-electron chi connectivity index (χ2n) is 2.58. The molecule has 0 unspecified atom stereocenters. The summed E-state index contributed by atoms with van der Waals surface area (Å²) in [5.41, 5.74) is -2.74. The highest BCUT2D eigenvalue weighted by Crippen LogP contribution is 2.32. The average molecular weight is 245 g/mol. The maximum Gasteiger partial charge on any atom is 0.419 e. The van der Waals surface area contributed by atoms with Crippen LogP contribution in [0.4, 0.5) is 22.0 Å². The number of benzene rings is 1. The molecule has 7 heteroatoms. The van der Waals surface area contributed by atoms with Crippen molar-refractivity contribution in [3.8, 4) is 0 Å². The van der Waals surface area contributed by atoms with E-state index in [4.69, 9.17) is 11.6 Å². The van der Waals surface area contributed by atoms with Gasteiger partial charge in [-0.05, 0) is 17.7 Å². The van der Waals surface area contributed by atoms with Crippen LogP contribution in [-0.4, -0.2) is 5.24 Å². The standard InChI is InChI=1S/C8H2ClF5O/c9-7(15)3-1-4(8(12,13)14)6(11)2-5(3)10/h1-2H. The Hall–Kier alpha value is -1.17. The van der Waals surface area contributed by atoms with Crippen molar-refractivity contribution in [1.82, 2.24) is 0 Å². The third-order valence-electron chi connectivity index (χ3n) is 1.57. The molecule has 0 aliphatic heterocycles. The molecule has 1 aromatic rings. The minimum Gasteiger partial charge on any atom is -0.275 e. The van der Waals surface area contributed by atoms with E-state index >= 15 is 0 Å².